The Bertz CT molecular complexity index is 306. The van der Waals surface area contributed by atoms with Gasteiger partial charge in [0.05, 0.1) is 0 Å². The van der Waals surface area contributed by atoms with Crippen LogP contribution in [0.3, 0.4) is 0 Å². The number of carbonyl (C=O) groups is 2. The number of carbonyl (C=O) groups excluding carboxylic acids is 2. The van der Waals surface area contributed by atoms with E-state index in [-0.39, 0.29) is 17.5 Å². The zero-order valence-electron chi connectivity index (χ0n) is 11.4. The number of hydrogen-bond acceptors (Lipinski definition) is 5. The van der Waals surface area contributed by atoms with E-state index in [1.54, 1.807) is 11.2 Å². The topological polar surface area (TPSA) is 55.8 Å². The third-order valence-electron chi connectivity index (χ3n) is 2.52. The van der Waals surface area contributed by atoms with Gasteiger partial charge in [-0.25, -0.2) is 9.59 Å². The zero-order valence-corrected chi connectivity index (χ0v) is 12.2. The normalized spacial score (nSPS) is 17.4. The van der Waals surface area contributed by atoms with Crippen molar-refractivity contribution in [3.8, 4) is 0 Å². The molecule has 0 aromatic heterocycles. The van der Waals surface area contributed by atoms with Gasteiger partial charge in [-0.1, -0.05) is 0 Å². The first-order valence-electron chi connectivity index (χ1n) is 6.04. The fourth-order valence-electron chi connectivity index (χ4n) is 1.67. The smallest absolute Gasteiger partial charge is 0.410 e. The van der Waals surface area contributed by atoms with E-state index in [1.165, 1.54) is 0 Å². The summed E-state index contributed by atoms with van der Waals surface area (Å²) >= 11 is 1.07. The van der Waals surface area contributed by atoms with E-state index in [4.69, 9.17) is 9.47 Å². The van der Waals surface area contributed by atoms with Crippen molar-refractivity contribution in [1.82, 2.24) is 4.90 Å². The standard InChI is InChI=1S/C12H21NO4S/c1-12(2,3)17-10(14)13-7-5-9(6-8-13)16-11(15)18-4/h9H,5-8H2,1-4H3. The summed E-state index contributed by atoms with van der Waals surface area (Å²) < 4.78 is 10.5. The predicted octanol–water partition coefficient (Wildman–Crippen LogP) is 2.89. The van der Waals surface area contributed by atoms with Crippen LogP contribution >= 0.6 is 11.8 Å². The van der Waals surface area contributed by atoms with Crippen molar-refractivity contribution >= 4 is 23.2 Å². The Morgan fingerprint density at radius 1 is 1.22 bits per heavy atom. The predicted molar refractivity (Wildman–Crippen MR) is 70.8 cm³/mol. The molecule has 0 aromatic rings. The molecule has 0 unspecified atom stereocenters. The summed E-state index contributed by atoms with van der Waals surface area (Å²) in [4.78, 5) is 24.6. The maximum atomic E-state index is 11.8. The Labute approximate surface area is 112 Å². The molecule has 1 rings (SSSR count). The van der Waals surface area contributed by atoms with Gasteiger partial charge in [0.1, 0.15) is 11.7 Å². The number of rotatable bonds is 1. The van der Waals surface area contributed by atoms with Gasteiger partial charge in [0.25, 0.3) is 0 Å². The summed E-state index contributed by atoms with van der Waals surface area (Å²) in [6, 6.07) is 0. The van der Waals surface area contributed by atoms with E-state index in [1.807, 2.05) is 20.8 Å². The minimum absolute atomic E-state index is 0.0800. The Morgan fingerprint density at radius 3 is 2.22 bits per heavy atom. The lowest BCUT2D eigenvalue weighted by molar-refractivity contribution is 0.00909. The number of thioether (sulfide) groups is 1. The Balaban J connectivity index is 2.35. The molecule has 1 heterocycles. The highest BCUT2D eigenvalue weighted by Crippen LogP contribution is 2.18. The molecule has 6 heteroatoms. The first-order valence-corrected chi connectivity index (χ1v) is 7.27. The molecule has 0 N–H and O–H groups in total. The molecule has 1 aliphatic heterocycles. The molecule has 104 valence electrons. The van der Waals surface area contributed by atoms with Crippen LogP contribution in [0.25, 0.3) is 0 Å². The maximum Gasteiger partial charge on any atom is 0.410 e. The van der Waals surface area contributed by atoms with E-state index in [0.29, 0.717) is 25.9 Å². The highest BCUT2D eigenvalue weighted by Gasteiger charge is 2.28. The fraction of sp³-hybridized carbons (Fsp3) is 0.833. The van der Waals surface area contributed by atoms with Crippen LogP contribution in [-0.4, -0.2) is 47.3 Å². The van der Waals surface area contributed by atoms with Crippen molar-refractivity contribution in [1.29, 1.82) is 0 Å². The Hall–Kier alpha value is -0.910. The van der Waals surface area contributed by atoms with Gasteiger partial charge in [-0.2, -0.15) is 0 Å². The summed E-state index contributed by atoms with van der Waals surface area (Å²) in [7, 11) is 0. The van der Waals surface area contributed by atoms with Gasteiger partial charge in [-0.15, -0.1) is 0 Å². The van der Waals surface area contributed by atoms with Gasteiger partial charge in [0, 0.05) is 25.9 Å². The van der Waals surface area contributed by atoms with E-state index >= 15 is 0 Å². The van der Waals surface area contributed by atoms with Crippen LogP contribution in [0.15, 0.2) is 0 Å². The number of ether oxygens (including phenoxy) is 2. The average Bonchev–Trinajstić information content (AvgIpc) is 2.27. The van der Waals surface area contributed by atoms with E-state index in [2.05, 4.69) is 0 Å². The lowest BCUT2D eigenvalue weighted by atomic mass is 10.1. The first-order chi connectivity index (χ1) is 8.31. The second-order valence-electron chi connectivity index (χ2n) is 5.24. The number of piperidine rings is 1. The second-order valence-corrected chi connectivity index (χ2v) is 5.98. The summed E-state index contributed by atoms with van der Waals surface area (Å²) in [5, 5.41) is -0.259. The molecule has 0 aromatic carbocycles. The summed E-state index contributed by atoms with van der Waals surface area (Å²) in [6.07, 6.45) is 2.66. The van der Waals surface area contributed by atoms with Crippen LogP contribution in [0.5, 0.6) is 0 Å². The third kappa shape index (κ3) is 5.16. The number of likely N-dealkylation sites (tertiary alicyclic amines) is 1. The third-order valence-corrected chi connectivity index (χ3v) is 2.95. The van der Waals surface area contributed by atoms with Gasteiger partial charge in [0.2, 0.25) is 0 Å². The SMILES string of the molecule is CSC(=O)OC1CCN(C(=O)OC(C)(C)C)CC1. The number of hydrogen-bond donors (Lipinski definition) is 0. The van der Waals surface area contributed by atoms with Crippen LogP contribution in [0, 0.1) is 0 Å². The van der Waals surface area contributed by atoms with Crippen LogP contribution in [-0.2, 0) is 9.47 Å². The van der Waals surface area contributed by atoms with Crippen LogP contribution < -0.4 is 0 Å². The van der Waals surface area contributed by atoms with Gasteiger partial charge in [-0.3, -0.25) is 0 Å². The average molecular weight is 275 g/mol. The first kappa shape index (κ1) is 15.1. The summed E-state index contributed by atoms with van der Waals surface area (Å²) in [6.45, 7) is 6.68. The second kappa shape index (κ2) is 6.31. The van der Waals surface area contributed by atoms with Gasteiger partial charge < -0.3 is 14.4 Å². The molecule has 0 atom stereocenters. The minimum Gasteiger partial charge on any atom is -0.454 e. The largest absolute Gasteiger partial charge is 0.454 e. The van der Waals surface area contributed by atoms with E-state index in [9.17, 15) is 9.59 Å². The molecule has 0 bridgehead atoms. The summed E-state index contributed by atoms with van der Waals surface area (Å²) in [5.41, 5.74) is -0.473. The van der Waals surface area contributed by atoms with Crippen molar-refractivity contribution < 1.29 is 19.1 Å². The lowest BCUT2D eigenvalue weighted by Crippen LogP contribution is -2.43. The highest BCUT2D eigenvalue weighted by atomic mass is 32.2. The van der Waals surface area contributed by atoms with Crippen molar-refractivity contribution in [2.45, 2.75) is 45.3 Å². The highest BCUT2D eigenvalue weighted by molar-refractivity contribution is 8.12. The van der Waals surface area contributed by atoms with Crippen LogP contribution in [0.2, 0.25) is 0 Å². The quantitative estimate of drug-likeness (QED) is 0.689. The molecule has 0 spiro atoms. The van der Waals surface area contributed by atoms with Gasteiger partial charge in [-0.05, 0) is 38.8 Å². The van der Waals surface area contributed by atoms with Crippen LogP contribution in [0.1, 0.15) is 33.6 Å². The van der Waals surface area contributed by atoms with Crippen molar-refractivity contribution in [3.05, 3.63) is 0 Å². The molecular weight excluding hydrogens is 254 g/mol. The van der Waals surface area contributed by atoms with E-state index < -0.39 is 5.60 Å². The molecule has 1 fully saturated rings. The van der Waals surface area contributed by atoms with Crippen molar-refractivity contribution in [2.24, 2.45) is 0 Å². The number of amides is 1. The molecule has 5 nitrogen and oxygen atoms in total. The molecule has 0 aliphatic carbocycles. The molecule has 1 aliphatic rings. The Kier molecular flexibility index (Phi) is 5.31. The fourth-order valence-corrected chi connectivity index (χ4v) is 1.90. The molecule has 0 radical (unpaired) electrons. The molecular formula is C12H21NO4S. The Morgan fingerprint density at radius 2 is 1.78 bits per heavy atom. The lowest BCUT2D eigenvalue weighted by Gasteiger charge is -2.33. The number of nitrogens with zero attached hydrogens (tertiary/aromatic N) is 1. The maximum absolute atomic E-state index is 11.8. The molecule has 0 saturated carbocycles. The van der Waals surface area contributed by atoms with Gasteiger partial charge >= 0.3 is 11.4 Å². The minimum atomic E-state index is -0.473. The van der Waals surface area contributed by atoms with E-state index in [0.717, 1.165) is 11.8 Å². The van der Waals surface area contributed by atoms with Crippen molar-refractivity contribution in [3.63, 3.8) is 0 Å². The monoisotopic (exact) mass is 275 g/mol. The summed E-state index contributed by atoms with van der Waals surface area (Å²) in [5.74, 6) is 0. The zero-order chi connectivity index (χ0) is 13.8. The van der Waals surface area contributed by atoms with Crippen molar-refractivity contribution in [2.75, 3.05) is 19.3 Å². The molecule has 1 amide bonds. The molecule has 1 saturated heterocycles. The molecule has 18 heavy (non-hydrogen) atoms. The van der Waals surface area contributed by atoms with Gasteiger partial charge in [0.15, 0.2) is 0 Å². The van der Waals surface area contributed by atoms with Crippen LogP contribution in [0.4, 0.5) is 9.59 Å².